The molecule has 0 bridgehead atoms. The minimum atomic E-state index is -3.59. The maximum Gasteiger partial charge on any atom is 0.240 e. The molecule has 0 saturated heterocycles. The average molecular weight is 306 g/mol. The topological polar surface area (TPSA) is 46.2 Å². The highest BCUT2D eigenvalue weighted by molar-refractivity contribution is 7.89. The molecule has 0 radical (unpaired) electrons. The van der Waals surface area contributed by atoms with E-state index in [-0.39, 0.29) is 16.2 Å². The van der Waals surface area contributed by atoms with Crippen molar-refractivity contribution in [2.75, 3.05) is 6.54 Å². The molecule has 0 heterocycles. The molecule has 3 nitrogen and oxygen atoms in total. The molecule has 1 aliphatic carbocycles. The molecule has 0 spiro atoms. The molecule has 1 aromatic carbocycles. The molecule has 0 amide bonds. The van der Waals surface area contributed by atoms with Crippen molar-refractivity contribution >= 4 is 21.6 Å². The highest BCUT2D eigenvalue weighted by Crippen LogP contribution is 2.29. The van der Waals surface area contributed by atoms with E-state index in [0.717, 1.165) is 25.3 Å². The third kappa shape index (κ3) is 3.46. The van der Waals surface area contributed by atoms with Gasteiger partial charge >= 0.3 is 0 Å². The lowest BCUT2D eigenvalue weighted by Gasteiger charge is -2.15. The molecule has 1 aromatic rings. The Morgan fingerprint density at radius 3 is 2.74 bits per heavy atom. The van der Waals surface area contributed by atoms with Gasteiger partial charge in [0.2, 0.25) is 10.0 Å². The Morgan fingerprint density at radius 2 is 2.16 bits per heavy atom. The molecule has 1 saturated carbocycles. The van der Waals surface area contributed by atoms with Gasteiger partial charge < -0.3 is 0 Å². The van der Waals surface area contributed by atoms with Crippen LogP contribution in [0.5, 0.6) is 0 Å². The minimum Gasteiger partial charge on any atom is -0.211 e. The van der Waals surface area contributed by atoms with Gasteiger partial charge in [-0.15, -0.1) is 11.6 Å². The fourth-order valence-electron chi connectivity index (χ4n) is 2.43. The molecule has 2 unspecified atom stereocenters. The fraction of sp³-hybridized carbons (Fsp3) is 0.538. The zero-order chi connectivity index (χ0) is 14.0. The van der Waals surface area contributed by atoms with Gasteiger partial charge in [0.1, 0.15) is 5.82 Å². The van der Waals surface area contributed by atoms with Crippen LogP contribution in [-0.4, -0.2) is 20.3 Å². The van der Waals surface area contributed by atoms with E-state index < -0.39 is 15.8 Å². The number of rotatable bonds is 4. The average Bonchev–Trinajstić information content (AvgIpc) is 2.72. The van der Waals surface area contributed by atoms with Gasteiger partial charge in [-0.3, -0.25) is 0 Å². The number of halogens is 2. The molecular weight excluding hydrogens is 289 g/mol. The highest BCUT2D eigenvalue weighted by Gasteiger charge is 2.27. The number of sulfonamides is 1. The van der Waals surface area contributed by atoms with Gasteiger partial charge in [-0.1, -0.05) is 6.42 Å². The van der Waals surface area contributed by atoms with E-state index in [9.17, 15) is 12.8 Å². The van der Waals surface area contributed by atoms with Crippen LogP contribution in [0.4, 0.5) is 4.39 Å². The second-order valence-electron chi connectivity index (χ2n) is 4.97. The number of aryl methyl sites for hydroxylation is 1. The van der Waals surface area contributed by atoms with Crippen LogP contribution in [0.2, 0.25) is 0 Å². The Balaban J connectivity index is 2.09. The van der Waals surface area contributed by atoms with Crippen LogP contribution in [0.15, 0.2) is 23.1 Å². The smallest absolute Gasteiger partial charge is 0.211 e. The van der Waals surface area contributed by atoms with E-state index >= 15 is 0 Å². The lowest BCUT2D eigenvalue weighted by molar-refractivity contribution is 0.523. The molecule has 2 atom stereocenters. The molecule has 6 heteroatoms. The van der Waals surface area contributed by atoms with Crippen molar-refractivity contribution in [3.63, 3.8) is 0 Å². The van der Waals surface area contributed by atoms with Crippen LogP contribution in [0.3, 0.4) is 0 Å². The molecule has 2 rings (SSSR count). The van der Waals surface area contributed by atoms with Crippen molar-refractivity contribution in [2.45, 2.75) is 36.5 Å². The number of benzene rings is 1. The zero-order valence-electron chi connectivity index (χ0n) is 10.7. The van der Waals surface area contributed by atoms with E-state index in [1.54, 1.807) is 6.92 Å². The van der Waals surface area contributed by atoms with Crippen LogP contribution >= 0.6 is 11.6 Å². The summed E-state index contributed by atoms with van der Waals surface area (Å²) in [7, 11) is -3.59. The van der Waals surface area contributed by atoms with Crippen LogP contribution in [-0.2, 0) is 10.0 Å². The van der Waals surface area contributed by atoms with Crippen LogP contribution < -0.4 is 4.72 Å². The predicted molar refractivity (Wildman–Crippen MR) is 73.3 cm³/mol. The molecule has 1 fully saturated rings. The Labute approximate surface area is 118 Å². The van der Waals surface area contributed by atoms with Crippen molar-refractivity contribution in [1.29, 1.82) is 0 Å². The standard InChI is InChI=1S/C13H17ClFNO2S/c1-9-7-11(15)5-6-13(9)19(17,18)16-8-10-3-2-4-12(10)14/h5-7,10,12,16H,2-4,8H2,1H3. The minimum absolute atomic E-state index is 0.0389. The van der Waals surface area contributed by atoms with Crippen LogP contribution in [0.25, 0.3) is 0 Å². The molecule has 0 aromatic heterocycles. The van der Waals surface area contributed by atoms with Crippen LogP contribution in [0, 0.1) is 18.7 Å². The van der Waals surface area contributed by atoms with Gasteiger partial charge in [0.15, 0.2) is 0 Å². The zero-order valence-corrected chi connectivity index (χ0v) is 12.3. The first kappa shape index (κ1) is 14.8. The largest absolute Gasteiger partial charge is 0.240 e. The van der Waals surface area contributed by atoms with E-state index in [2.05, 4.69) is 4.72 Å². The fourth-order valence-corrected chi connectivity index (χ4v) is 4.12. The Kier molecular flexibility index (Phi) is 4.48. The SMILES string of the molecule is Cc1cc(F)ccc1S(=O)(=O)NCC1CCCC1Cl. The van der Waals surface area contributed by atoms with E-state index in [4.69, 9.17) is 11.6 Å². The summed E-state index contributed by atoms with van der Waals surface area (Å²) in [5.74, 6) is -0.259. The van der Waals surface area contributed by atoms with Crippen molar-refractivity contribution in [1.82, 2.24) is 4.72 Å². The molecule has 1 N–H and O–H groups in total. The maximum absolute atomic E-state index is 13.0. The first-order valence-corrected chi connectivity index (χ1v) is 8.22. The van der Waals surface area contributed by atoms with Crippen molar-refractivity contribution in [2.24, 2.45) is 5.92 Å². The third-order valence-electron chi connectivity index (χ3n) is 3.53. The second-order valence-corrected chi connectivity index (χ2v) is 7.26. The van der Waals surface area contributed by atoms with Crippen molar-refractivity contribution < 1.29 is 12.8 Å². The van der Waals surface area contributed by atoms with Crippen molar-refractivity contribution in [3.05, 3.63) is 29.6 Å². The monoisotopic (exact) mass is 305 g/mol. The van der Waals surface area contributed by atoms with E-state index in [0.29, 0.717) is 12.1 Å². The van der Waals surface area contributed by atoms with E-state index in [1.807, 2.05) is 0 Å². The quantitative estimate of drug-likeness (QED) is 0.870. The first-order valence-electron chi connectivity index (χ1n) is 6.30. The third-order valence-corrected chi connectivity index (χ3v) is 5.69. The number of hydrogen-bond donors (Lipinski definition) is 1. The first-order chi connectivity index (χ1) is 8.90. The van der Waals surface area contributed by atoms with Gasteiger partial charge in [-0.25, -0.2) is 17.5 Å². The Hall–Kier alpha value is -0.650. The van der Waals surface area contributed by atoms with Gasteiger partial charge in [-0.05, 0) is 49.4 Å². The summed E-state index contributed by atoms with van der Waals surface area (Å²) < 4.78 is 39.9. The summed E-state index contributed by atoms with van der Waals surface area (Å²) >= 11 is 6.12. The Bertz CT molecular complexity index is 562. The number of alkyl halides is 1. The molecule has 1 aliphatic rings. The van der Waals surface area contributed by atoms with Gasteiger partial charge in [0, 0.05) is 11.9 Å². The Morgan fingerprint density at radius 1 is 1.42 bits per heavy atom. The van der Waals surface area contributed by atoms with Crippen LogP contribution in [0.1, 0.15) is 24.8 Å². The summed E-state index contributed by atoms with van der Waals surface area (Å²) in [5, 5.41) is 0.0389. The summed E-state index contributed by atoms with van der Waals surface area (Å²) in [6.07, 6.45) is 2.92. The molecular formula is C13H17ClFNO2S. The molecule has 19 heavy (non-hydrogen) atoms. The summed E-state index contributed by atoms with van der Waals surface area (Å²) in [4.78, 5) is 0.123. The lowest BCUT2D eigenvalue weighted by Crippen LogP contribution is -2.31. The summed E-state index contributed by atoms with van der Waals surface area (Å²) in [5.41, 5.74) is 0.404. The van der Waals surface area contributed by atoms with Gasteiger partial charge in [0.25, 0.3) is 0 Å². The normalized spacial score (nSPS) is 23.7. The lowest BCUT2D eigenvalue weighted by atomic mass is 10.1. The molecule has 0 aliphatic heterocycles. The molecule has 106 valence electrons. The number of hydrogen-bond acceptors (Lipinski definition) is 2. The second kappa shape index (κ2) is 5.77. The summed E-state index contributed by atoms with van der Waals surface area (Å²) in [6, 6.07) is 3.66. The summed E-state index contributed by atoms with van der Waals surface area (Å²) in [6.45, 7) is 1.92. The van der Waals surface area contributed by atoms with Crippen molar-refractivity contribution in [3.8, 4) is 0 Å². The predicted octanol–water partition coefficient (Wildman–Crippen LogP) is 2.82. The maximum atomic E-state index is 13.0. The van der Waals surface area contributed by atoms with Gasteiger partial charge in [-0.2, -0.15) is 0 Å². The number of nitrogens with one attached hydrogen (secondary N) is 1. The van der Waals surface area contributed by atoms with Gasteiger partial charge in [0.05, 0.1) is 4.90 Å². The van der Waals surface area contributed by atoms with E-state index in [1.165, 1.54) is 12.1 Å². The highest BCUT2D eigenvalue weighted by atomic mass is 35.5.